The maximum Gasteiger partial charge on any atom is 0.293 e. The van der Waals surface area contributed by atoms with E-state index in [-0.39, 0.29) is 11.4 Å². The molecule has 0 aromatic heterocycles. The summed E-state index contributed by atoms with van der Waals surface area (Å²) in [5, 5.41) is 11.2. The van der Waals surface area contributed by atoms with Gasteiger partial charge in [-0.25, -0.2) is 0 Å². The number of nitro benzene ring substituents is 1. The summed E-state index contributed by atoms with van der Waals surface area (Å²) in [6.07, 6.45) is 0. The molecule has 7 heteroatoms. The van der Waals surface area contributed by atoms with Crippen LogP contribution in [0.5, 0.6) is 0 Å². The van der Waals surface area contributed by atoms with Gasteiger partial charge in [-0.15, -0.1) is 0 Å². The van der Waals surface area contributed by atoms with Crippen LogP contribution in [0, 0.1) is 10.1 Å². The zero-order valence-corrected chi connectivity index (χ0v) is 10.5. The van der Waals surface area contributed by atoms with Gasteiger partial charge >= 0.3 is 0 Å². The predicted octanol–water partition coefficient (Wildman–Crippen LogP) is 1.66. The van der Waals surface area contributed by atoms with E-state index in [0.29, 0.717) is 30.3 Å². The lowest BCUT2D eigenvalue weighted by molar-refractivity contribution is -0.383. The second kappa shape index (κ2) is 5.51. The molecule has 1 saturated heterocycles. The van der Waals surface area contributed by atoms with Gasteiger partial charge in [-0.2, -0.15) is 0 Å². The number of rotatable bonds is 3. The summed E-state index contributed by atoms with van der Waals surface area (Å²) in [4.78, 5) is 12.5. The number of hydrogen-bond donors (Lipinski definition) is 1. The van der Waals surface area contributed by atoms with Gasteiger partial charge in [-0.3, -0.25) is 15.0 Å². The molecule has 2 N–H and O–H groups in total. The quantitative estimate of drug-likeness (QED) is 0.514. The minimum Gasteiger partial charge on any atom is -0.393 e. The van der Waals surface area contributed by atoms with Gasteiger partial charge in [0.15, 0.2) is 0 Å². The van der Waals surface area contributed by atoms with Gasteiger partial charge < -0.3 is 10.5 Å². The van der Waals surface area contributed by atoms with Crippen LogP contribution in [0.2, 0.25) is 5.02 Å². The van der Waals surface area contributed by atoms with Gasteiger partial charge in [0.25, 0.3) is 5.69 Å². The number of benzene rings is 1. The first kappa shape index (κ1) is 13.1. The Hall–Kier alpha value is -1.37. The molecule has 0 saturated carbocycles. The lowest BCUT2D eigenvalue weighted by Gasteiger charge is -2.27. The Kier molecular flexibility index (Phi) is 4.00. The van der Waals surface area contributed by atoms with Crippen molar-refractivity contribution < 1.29 is 9.66 Å². The number of nitrogens with two attached hydrogens (primary N) is 1. The van der Waals surface area contributed by atoms with E-state index >= 15 is 0 Å². The molecule has 1 aliphatic heterocycles. The fraction of sp³-hybridized carbons (Fsp3) is 0.455. The number of nitrogens with zero attached hydrogens (tertiary/aromatic N) is 2. The van der Waals surface area contributed by atoms with Crippen molar-refractivity contribution in [1.82, 2.24) is 4.90 Å². The minimum atomic E-state index is -0.510. The van der Waals surface area contributed by atoms with Crippen LogP contribution in [0.1, 0.15) is 5.56 Å². The monoisotopic (exact) mass is 271 g/mol. The topological polar surface area (TPSA) is 81.6 Å². The second-order valence-electron chi connectivity index (χ2n) is 4.14. The van der Waals surface area contributed by atoms with E-state index in [0.717, 1.165) is 13.1 Å². The van der Waals surface area contributed by atoms with Crippen LogP contribution in [0.4, 0.5) is 11.4 Å². The minimum absolute atomic E-state index is 0.134. The molecule has 1 heterocycles. The summed E-state index contributed by atoms with van der Waals surface area (Å²) in [5.41, 5.74) is 6.56. The molecule has 1 aromatic rings. The van der Waals surface area contributed by atoms with Crippen molar-refractivity contribution in [3.63, 3.8) is 0 Å². The molecule has 0 radical (unpaired) electrons. The maximum absolute atomic E-state index is 10.9. The summed E-state index contributed by atoms with van der Waals surface area (Å²) in [5.74, 6) is 0. The van der Waals surface area contributed by atoms with Crippen molar-refractivity contribution >= 4 is 23.0 Å². The van der Waals surface area contributed by atoms with Crippen LogP contribution in [0.25, 0.3) is 0 Å². The fourth-order valence-corrected chi connectivity index (χ4v) is 2.18. The van der Waals surface area contributed by atoms with Crippen molar-refractivity contribution in [3.8, 4) is 0 Å². The highest BCUT2D eigenvalue weighted by Crippen LogP contribution is 2.30. The van der Waals surface area contributed by atoms with Crippen LogP contribution < -0.4 is 5.73 Å². The van der Waals surface area contributed by atoms with Crippen LogP contribution in [0.15, 0.2) is 12.1 Å². The largest absolute Gasteiger partial charge is 0.393 e. The van der Waals surface area contributed by atoms with Gasteiger partial charge in [-0.1, -0.05) is 11.6 Å². The van der Waals surface area contributed by atoms with Crippen molar-refractivity contribution in [2.24, 2.45) is 0 Å². The van der Waals surface area contributed by atoms with E-state index in [4.69, 9.17) is 22.1 Å². The van der Waals surface area contributed by atoms with Crippen molar-refractivity contribution in [1.29, 1.82) is 0 Å². The maximum atomic E-state index is 10.9. The molecule has 0 atom stereocenters. The van der Waals surface area contributed by atoms with Gasteiger partial charge in [0.2, 0.25) is 0 Å². The van der Waals surface area contributed by atoms with Crippen LogP contribution in [0.3, 0.4) is 0 Å². The normalized spacial score (nSPS) is 16.7. The molecular formula is C11H14ClN3O3. The zero-order chi connectivity index (χ0) is 13.1. The molecule has 0 amide bonds. The molecule has 2 rings (SSSR count). The smallest absolute Gasteiger partial charge is 0.293 e. The van der Waals surface area contributed by atoms with E-state index in [1.54, 1.807) is 6.07 Å². The molecule has 6 nitrogen and oxygen atoms in total. The molecule has 0 aliphatic carbocycles. The predicted molar refractivity (Wildman–Crippen MR) is 68.6 cm³/mol. The van der Waals surface area contributed by atoms with Gasteiger partial charge in [0, 0.05) is 30.7 Å². The van der Waals surface area contributed by atoms with Crippen molar-refractivity contribution in [3.05, 3.63) is 32.8 Å². The number of hydrogen-bond acceptors (Lipinski definition) is 5. The highest BCUT2D eigenvalue weighted by atomic mass is 35.5. The SMILES string of the molecule is Nc1c(CN2CCOCC2)cc(Cl)cc1[N+](=O)[O-]. The molecular weight excluding hydrogens is 258 g/mol. The molecule has 1 fully saturated rings. The van der Waals surface area contributed by atoms with Gasteiger partial charge in [-0.05, 0) is 11.6 Å². The van der Waals surface area contributed by atoms with Crippen LogP contribution in [-0.4, -0.2) is 36.1 Å². The molecule has 1 aliphatic rings. The zero-order valence-electron chi connectivity index (χ0n) is 9.76. The molecule has 98 valence electrons. The van der Waals surface area contributed by atoms with Crippen LogP contribution in [-0.2, 0) is 11.3 Å². The highest BCUT2D eigenvalue weighted by Gasteiger charge is 2.19. The number of ether oxygens (including phenoxy) is 1. The summed E-state index contributed by atoms with van der Waals surface area (Å²) in [7, 11) is 0. The third-order valence-electron chi connectivity index (χ3n) is 2.90. The first-order valence-electron chi connectivity index (χ1n) is 5.60. The van der Waals surface area contributed by atoms with E-state index in [1.807, 2.05) is 0 Å². The first-order chi connectivity index (χ1) is 8.58. The summed E-state index contributed by atoms with van der Waals surface area (Å²) >= 11 is 5.88. The standard InChI is InChI=1S/C11H14ClN3O3/c12-9-5-8(7-14-1-3-18-4-2-14)11(13)10(6-9)15(16)17/h5-6H,1-4,7,13H2. The molecule has 18 heavy (non-hydrogen) atoms. The molecule has 0 spiro atoms. The van der Waals surface area contributed by atoms with Gasteiger partial charge in [0.05, 0.1) is 18.1 Å². The Morgan fingerprint density at radius 2 is 2.11 bits per heavy atom. The number of morpholine rings is 1. The summed E-state index contributed by atoms with van der Waals surface area (Å²) < 4.78 is 5.25. The van der Waals surface area contributed by atoms with Crippen molar-refractivity contribution in [2.45, 2.75) is 6.54 Å². The highest BCUT2D eigenvalue weighted by molar-refractivity contribution is 6.31. The third-order valence-corrected chi connectivity index (χ3v) is 3.12. The van der Waals surface area contributed by atoms with E-state index in [9.17, 15) is 10.1 Å². The summed E-state index contributed by atoms with van der Waals surface area (Å²) in [6, 6.07) is 2.96. The van der Waals surface area contributed by atoms with Crippen molar-refractivity contribution in [2.75, 3.05) is 32.0 Å². The number of nitrogen functional groups attached to an aromatic ring is 1. The first-order valence-corrected chi connectivity index (χ1v) is 5.98. The molecule has 1 aromatic carbocycles. The van der Waals surface area contributed by atoms with Crippen LogP contribution >= 0.6 is 11.6 Å². The third kappa shape index (κ3) is 2.90. The number of nitro groups is 1. The van der Waals surface area contributed by atoms with E-state index in [2.05, 4.69) is 4.90 Å². The Bertz CT molecular complexity index is 461. The van der Waals surface area contributed by atoms with Gasteiger partial charge in [0.1, 0.15) is 5.69 Å². The second-order valence-corrected chi connectivity index (χ2v) is 4.58. The number of anilines is 1. The van der Waals surface area contributed by atoms with E-state index < -0.39 is 4.92 Å². The Morgan fingerprint density at radius 3 is 2.72 bits per heavy atom. The summed E-state index contributed by atoms with van der Waals surface area (Å²) in [6.45, 7) is 3.47. The lowest BCUT2D eigenvalue weighted by atomic mass is 10.1. The number of halogens is 1. The Morgan fingerprint density at radius 1 is 1.44 bits per heavy atom. The Balaban J connectivity index is 2.23. The Labute approximate surface area is 109 Å². The average molecular weight is 272 g/mol. The fourth-order valence-electron chi connectivity index (χ4n) is 1.94. The molecule has 0 unspecified atom stereocenters. The average Bonchev–Trinajstić information content (AvgIpc) is 2.34. The molecule has 0 bridgehead atoms. The van der Waals surface area contributed by atoms with E-state index in [1.165, 1.54) is 6.07 Å². The lowest BCUT2D eigenvalue weighted by Crippen LogP contribution is -2.35.